The molecular formula is C27H40N4O5. The first-order valence-electron chi connectivity index (χ1n) is 13.0. The van der Waals surface area contributed by atoms with Gasteiger partial charge >= 0.3 is 6.09 Å². The summed E-state index contributed by atoms with van der Waals surface area (Å²) in [5.74, 6) is -1.22. The van der Waals surface area contributed by atoms with Gasteiger partial charge in [-0.1, -0.05) is 49.6 Å². The Kier molecular flexibility index (Phi) is 9.34. The molecule has 2 aliphatic rings. The zero-order chi connectivity index (χ0) is 26.3. The Morgan fingerprint density at radius 2 is 1.67 bits per heavy atom. The molecule has 1 aromatic rings. The van der Waals surface area contributed by atoms with Gasteiger partial charge in [0.15, 0.2) is 0 Å². The highest BCUT2D eigenvalue weighted by molar-refractivity contribution is 5.93. The van der Waals surface area contributed by atoms with Crippen LogP contribution in [0.15, 0.2) is 30.3 Å². The average Bonchev–Trinajstić information content (AvgIpc) is 3.64. The Labute approximate surface area is 213 Å². The minimum absolute atomic E-state index is 0.0163. The zero-order valence-corrected chi connectivity index (χ0v) is 21.6. The standard InChI is InChI=1S/C27H40N4O5/c1-27(2,3)36-26(35)30-21(16-17-22(28)32)25(34)31(20-14-15-20)23(18-10-6-4-7-11-18)24(33)29-19-12-8-5-9-13-19/h4,6-7,10-11,19-21,23H,5,8-9,12-17H2,1-3H3,(H2,28,32)(H,29,33)(H,30,35). The highest BCUT2D eigenvalue weighted by Crippen LogP contribution is 2.36. The molecule has 0 radical (unpaired) electrons. The molecule has 2 unspecified atom stereocenters. The first kappa shape index (κ1) is 27.5. The number of ether oxygens (including phenoxy) is 1. The number of carbonyl (C=O) groups is 4. The molecule has 0 saturated heterocycles. The van der Waals surface area contributed by atoms with Crippen LogP contribution in [0.2, 0.25) is 0 Å². The van der Waals surface area contributed by atoms with Gasteiger partial charge in [-0.2, -0.15) is 0 Å². The van der Waals surface area contributed by atoms with Gasteiger partial charge in [0.2, 0.25) is 17.7 Å². The van der Waals surface area contributed by atoms with Crippen LogP contribution < -0.4 is 16.4 Å². The molecule has 198 valence electrons. The molecule has 4 amide bonds. The maximum atomic E-state index is 14.0. The molecule has 3 rings (SSSR count). The lowest BCUT2D eigenvalue weighted by atomic mass is 9.94. The maximum absolute atomic E-state index is 14.0. The summed E-state index contributed by atoms with van der Waals surface area (Å²) in [6.45, 7) is 5.18. The average molecular weight is 501 g/mol. The van der Waals surface area contributed by atoms with E-state index in [1.165, 1.54) is 6.42 Å². The topological polar surface area (TPSA) is 131 Å². The van der Waals surface area contributed by atoms with Crippen molar-refractivity contribution in [2.45, 2.75) is 108 Å². The third-order valence-electron chi connectivity index (χ3n) is 6.46. The number of rotatable bonds is 10. The Morgan fingerprint density at radius 1 is 1.03 bits per heavy atom. The van der Waals surface area contributed by atoms with Crippen molar-refractivity contribution in [2.75, 3.05) is 0 Å². The number of amides is 4. The van der Waals surface area contributed by atoms with Crippen LogP contribution in [0.5, 0.6) is 0 Å². The van der Waals surface area contributed by atoms with Crippen LogP contribution in [-0.2, 0) is 19.1 Å². The van der Waals surface area contributed by atoms with E-state index in [1.807, 2.05) is 30.3 Å². The van der Waals surface area contributed by atoms with Crippen LogP contribution >= 0.6 is 0 Å². The molecule has 2 fully saturated rings. The predicted octanol–water partition coefficient (Wildman–Crippen LogP) is 3.33. The van der Waals surface area contributed by atoms with E-state index in [2.05, 4.69) is 10.6 Å². The quantitative estimate of drug-likeness (QED) is 0.454. The number of carbonyl (C=O) groups excluding carboxylic acids is 4. The van der Waals surface area contributed by atoms with Crippen LogP contribution in [0.25, 0.3) is 0 Å². The second-order valence-corrected chi connectivity index (χ2v) is 10.8. The summed E-state index contributed by atoms with van der Waals surface area (Å²) in [5, 5.41) is 5.80. The summed E-state index contributed by atoms with van der Waals surface area (Å²) in [5.41, 5.74) is 5.30. The molecule has 1 aromatic carbocycles. The Bertz CT molecular complexity index is 920. The van der Waals surface area contributed by atoms with Crippen molar-refractivity contribution in [3.05, 3.63) is 35.9 Å². The lowest BCUT2D eigenvalue weighted by Gasteiger charge is -2.36. The van der Waals surface area contributed by atoms with Crippen molar-refractivity contribution in [1.82, 2.24) is 15.5 Å². The first-order chi connectivity index (χ1) is 17.0. The molecule has 9 heteroatoms. The number of hydrogen-bond acceptors (Lipinski definition) is 5. The van der Waals surface area contributed by atoms with Gasteiger partial charge in [-0.25, -0.2) is 4.79 Å². The SMILES string of the molecule is CC(C)(C)OC(=O)NC(CCC(N)=O)C(=O)N(C1CC1)C(C(=O)NC1CCCCC1)c1ccccc1. The molecule has 2 atom stereocenters. The fourth-order valence-corrected chi connectivity index (χ4v) is 4.65. The van der Waals surface area contributed by atoms with Crippen LogP contribution in [-0.4, -0.2) is 52.4 Å². The molecule has 2 aliphatic carbocycles. The number of nitrogens with one attached hydrogen (secondary N) is 2. The summed E-state index contributed by atoms with van der Waals surface area (Å²) < 4.78 is 5.36. The molecule has 4 N–H and O–H groups in total. The Morgan fingerprint density at radius 3 is 2.22 bits per heavy atom. The second-order valence-electron chi connectivity index (χ2n) is 10.8. The second kappa shape index (κ2) is 12.2. The van der Waals surface area contributed by atoms with E-state index in [9.17, 15) is 19.2 Å². The lowest BCUT2D eigenvalue weighted by Crippen LogP contribution is -2.54. The van der Waals surface area contributed by atoms with Gasteiger partial charge < -0.3 is 26.0 Å². The number of nitrogens with two attached hydrogens (primary N) is 1. The first-order valence-corrected chi connectivity index (χ1v) is 13.0. The Hall–Kier alpha value is -3.10. The van der Waals surface area contributed by atoms with Gasteiger partial charge in [-0.05, 0) is 58.4 Å². The molecular weight excluding hydrogens is 460 g/mol. The smallest absolute Gasteiger partial charge is 0.408 e. The van der Waals surface area contributed by atoms with Gasteiger partial charge in [0, 0.05) is 18.5 Å². The molecule has 0 bridgehead atoms. The summed E-state index contributed by atoms with van der Waals surface area (Å²) in [4.78, 5) is 53.4. The Balaban J connectivity index is 1.89. The van der Waals surface area contributed by atoms with Crippen molar-refractivity contribution in [3.63, 3.8) is 0 Å². The summed E-state index contributed by atoms with van der Waals surface area (Å²) in [6, 6.07) is 7.29. The van der Waals surface area contributed by atoms with E-state index in [0.29, 0.717) is 5.56 Å². The van der Waals surface area contributed by atoms with Crippen molar-refractivity contribution in [3.8, 4) is 0 Å². The van der Waals surface area contributed by atoms with E-state index in [0.717, 1.165) is 38.5 Å². The largest absolute Gasteiger partial charge is 0.444 e. The van der Waals surface area contributed by atoms with Gasteiger partial charge in [0.05, 0.1) is 0 Å². The van der Waals surface area contributed by atoms with Gasteiger partial charge in [-0.15, -0.1) is 0 Å². The summed E-state index contributed by atoms with van der Waals surface area (Å²) in [6.07, 6.45) is 5.85. The maximum Gasteiger partial charge on any atom is 0.408 e. The van der Waals surface area contributed by atoms with Gasteiger partial charge in [-0.3, -0.25) is 14.4 Å². The van der Waals surface area contributed by atoms with Crippen molar-refractivity contribution >= 4 is 23.8 Å². The van der Waals surface area contributed by atoms with Crippen LogP contribution in [0.1, 0.15) is 90.2 Å². The number of hydrogen-bond donors (Lipinski definition) is 3. The zero-order valence-electron chi connectivity index (χ0n) is 21.6. The van der Waals surface area contributed by atoms with Crippen LogP contribution in [0, 0.1) is 0 Å². The number of primary amides is 1. The number of nitrogens with zero attached hydrogens (tertiary/aromatic N) is 1. The van der Waals surface area contributed by atoms with Crippen molar-refractivity contribution in [2.24, 2.45) is 5.73 Å². The minimum Gasteiger partial charge on any atom is -0.444 e. The van der Waals surface area contributed by atoms with E-state index in [1.54, 1.807) is 25.7 Å². The number of benzene rings is 1. The minimum atomic E-state index is -1.05. The molecule has 0 aliphatic heterocycles. The molecule has 0 aromatic heterocycles. The monoisotopic (exact) mass is 500 g/mol. The van der Waals surface area contributed by atoms with E-state index >= 15 is 0 Å². The molecule has 2 saturated carbocycles. The lowest BCUT2D eigenvalue weighted by molar-refractivity contribution is -0.143. The normalized spacial score (nSPS) is 18.0. The van der Waals surface area contributed by atoms with Crippen molar-refractivity contribution < 1.29 is 23.9 Å². The van der Waals surface area contributed by atoms with E-state index in [-0.39, 0.29) is 30.8 Å². The van der Waals surface area contributed by atoms with E-state index < -0.39 is 35.6 Å². The fraction of sp³-hybridized carbons (Fsp3) is 0.630. The van der Waals surface area contributed by atoms with Gasteiger partial charge in [0.1, 0.15) is 17.7 Å². The summed E-state index contributed by atoms with van der Waals surface area (Å²) in [7, 11) is 0. The van der Waals surface area contributed by atoms with Gasteiger partial charge in [0.25, 0.3) is 0 Å². The number of alkyl carbamates (subject to hydrolysis) is 1. The third-order valence-corrected chi connectivity index (χ3v) is 6.46. The molecule has 9 nitrogen and oxygen atoms in total. The highest BCUT2D eigenvalue weighted by atomic mass is 16.6. The molecule has 0 spiro atoms. The van der Waals surface area contributed by atoms with Crippen molar-refractivity contribution in [1.29, 1.82) is 0 Å². The molecule has 36 heavy (non-hydrogen) atoms. The highest BCUT2D eigenvalue weighted by Gasteiger charge is 2.44. The van der Waals surface area contributed by atoms with Crippen LogP contribution in [0.4, 0.5) is 4.79 Å². The predicted molar refractivity (Wildman–Crippen MR) is 136 cm³/mol. The third kappa shape index (κ3) is 8.24. The summed E-state index contributed by atoms with van der Waals surface area (Å²) >= 11 is 0. The van der Waals surface area contributed by atoms with E-state index in [4.69, 9.17) is 10.5 Å². The molecule has 0 heterocycles. The fourth-order valence-electron chi connectivity index (χ4n) is 4.65. The van der Waals surface area contributed by atoms with Crippen LogP contribution in [0.3, 0.4) is 0 Å².